The average molecular weight is 389 g/mol. The molecule has 9 heteroatoms. The molecule has 0 aliphatic rings. The van der Waals surface area contributed by atoms with Gasteiger partial charge in [0.2, 0.25) is 10.0 Å². The van der Waals surface area contributed by atoms with Gasteiger partial charge in [-0.15, -0.1) is 11.3 Å². The van der Waals surface area contributed by atoms with Crippen molar-refractivity contribution in [1.29, 1.82) is 0 Å². The van der Waals surface area contributed by atoms with Crippen LogP contribution in [0.2, 0.25) is 0 Å². The van der Waals surface area contributed by atoms with Crippen LogP contribution < -0.4 is 10.5 Å². The Balaban J connectivity index is 2.06. The highest BCUT2D eigenvalue weighted by molar-refractivity contribution is 7.89. The molecule has 0 saturated heterocycles. The summed E-state index contributed by atoms with van der Waals surface area (Å²) in [7, 11) is -4.03. The zero-order valence-corrected chi connectivity index (χ0v) is 15.0. The largest absolute Gasteiger partial charge is 0.368 e. The van der Waals surface area contributed by atoms with Crippen LogP contribution in [0.25, 0.3) is 0 Å². The molecule has 3 rings (SSSR count). The van der Waals surface area contributed by atoms with Gasteiger partial charge in [-0.2, -0.15) is 0 Å². The number of anilines is 1. The number of primary sulfonamides is 1. The van der Waals surface area contributed by atoms with Crippen molar-refractivity contribution in [3.8, 4) is 0 Å². The van der Waals surface area contributed by atoms with E-state index in [0.717, 1.165) is 16.5 Å². The van der Waals surface area contributed by atoms with Gasteiger partial charge in [0.15, 0.2) is 0 Å². The fourth-order valence-electron chi connectivity index (χ4n) is 2.54. The van der Waals surface area contributed by atoms with E-state index in [9.17, 15) is 18.5 Å². The fraction of sp³-hybridized carbons (Fsp3) is 0.0588. The smallest absolute Gasteiger partial charge is 0.293 e. The molecule has 134 valence electrons. The minimum atomic E-state index is -4.03. The fourth-order valence-corrected chi connectivity index (χ4v) is 3.87. The molecular formula is C17H15N3O4S2. The van der Waals surface area contributed by atoms with E-state index in [1.807, 2.05) is 47.8 Å². The van der Waals surface area contributed by atoms with Crippen LogP contribution in [-0.2, 0) is 10.0 Å². The zero-order chi connectivity index (χ0) is 18.7. The molecule has 0 aliphatic heterocycles. The van der Waals surface area contributed by atoms with Crippen LogP contribution in [0.4, 0.5) is 11.4 Å². The predicted molar refractivity (Wildman–Crippen MR) is 101 cm³/mol. The molecule has 26 heavy (non-hydrogen) atoms. The van der Waals surface area contributed by atoms with Crippen molar-refractivity contribution < 1.29 is 13.3 Å². The lowest BCUT2D eigenvalue weighted by Crippen LogP contribution is -2.15. The van der Waals surface area contributed by atoms with Crippen LogP contribution in [0.1, 0.15) is 16.5 Å². The molecule has 0 unspecified atom stereocenters. The van der Waals surface area contributed by atoms with Gasteiger partial charge in [-0.05, 0) is 29.1 Å². The highest BCUT2D eigenvalue weighted by Crippen LogP contribution is 2.34. The summed E-state index contributed by atoms with van der Waals surface area (Å²) in [6, 6.07) is 16.6. The van der Waals surface area contributed by atoms with E-state index < -0.39 is 14.9 Å². The van der Waals surface area contributed by atoms with Gasteiger partial charge in [-0.1, -0.05) is 36.4 Å². The van der Waals surface area contributed by atoms with Gasteiger partial charge in [0.05, 0.1) is 15.9 Å². The van der Waals surface area contributed by atoms with E-state index in [1.165, 1.54) is 23.5 Å². The Bertz CT molecular complexity index is 1020. The van der Waals surface area contributed by atoms with Gasteiger partial charge >= 0.3 is 0 Å². The maximum Gasteiger partial charge on any atom is 0.293 e. The molecule has 3 N–H and O–H groups in total. The first-order valence-electron chi connectivity index (χ1n) is 7.52. The van der Waals surface area contributed by atoms with Crippen LogP contribution in [0, 0.1) is 10.1 Å². The minimum absolute atomic E-state index is 0.213. The Kier molecular flexibility index (Phi) is 5.03. The molecule has 0 fully saturated rings. The summed E-state index contributed by atoms with van der Waals surface area (Å²) in [4.78, 5) is 11.5. The van der Waals surface area contributed by atoms with E-state index in [0.29, 0.717) is 0 Å². The average Bonchev–Trinajstić information content (AvgIpc) is 3.13. The first-order chi connectivity index (χ1) is 12.4. The van der Waals surface area contributed by atoms with Crippen molar-refractivity contribution in [2.45, 2.75) is 10.9 Å². The van der Waals surface area contributed by atoms with E-state index in [2.05, 4.69) is 5.32 Å². The van der Waals surface area contributed by atoms with Crippen LogP contribution in [0.3, 0.4) is 0 Å². The number of thiophene rings is 1. The Morgan fingerprint density at radius 1 is 1.08 bits per heavy atom. The quantitative estimate of drug-likeness (QED) is 0.494. The Labute approximate surface area is 154 Å². The number of nitro benzene ring substituents is 1. The molecule has 0 bridgehead atoms. The van der Waals surface area contributed by atoms with Gasteiger partial charge < -0.3 is 5.32 Å². The van der Waals surface area contributed by atoms with E-state index in [-0.39, 0.29) is 22.3 Å². The Hall–Kier alpha value is -2.75. The first-order valence-corrected chi connectivity index (χ1v) is 9.95. The van der Waals surface area contributed by atoms with Crippen LogP contribution in [0.15, 0.2) is 70.9 Å². The van der Waals surface area contributed by atoms with Crippen LogP contribution >= 0.6 is 11.3 Å². The third kappa shape index (κ3) is 3.90. The maximum atomic E-state index is 11.5. The summed E-state index contributed by atoms with van der Waals surface area (Å²) in [5, 5.41) is 21.6. The van der Waals surface area contributed by atoms with Gasteiger partial charge in [0.1, 0.15) is 5.69 Å². The molecule has 0 spiro atoms. The second-order valence-corrected chi connectivity index (χ2v) is 8.03. The third-order valence-electron chi connectivity index (χ3n) is 3.75. The standard InChI is InChI=1S/C17H15N3O4S2/c18-26(23,24)13-8-9-14(15(11-13)20(21)22)19-17(16-7-4-10-25-16)12-5-2-1-3-6-12/h1-11,17,19H,(H2,18,23,24)/t17-/m1/s1. The van der Waals surface area contributed by atoms with Crippen molar-refractivity contribution in [3.05, 3.63) is 86.6 Å². The van der Waals surface area contributed by atoms with E-state index in [4.69, 9.17) is 5.14 Å². The van der Waals surface area contributed by atoms with Crippen molar-refractivity contribution in [3.63, 3.8) is 0 Å². The predicted octanol–water partition coefficient (Wildman–Crippen LogP) is 3.51. The number of nitrogens with zero attached hydrogens (tertiary/aromatic N) is 1. The highest BCUT2D eigenvalue weighted by atomic mass is 32.2. The third-order valence-corrected chi connectivity index (χ3v) is 5.60. The summed E-state index contributed by atoms with van der Waals surface area (Å²) < 4.78 is 23.0. The second kappa shape index (κ2) is 7.24. The lowest BCUT2D eigenvalue weighted by molar-refractivity contribution is -0.384. The lowest BCUT2D eigenvalue weighted by atomic mass is 10.0. The number of sulfonamides is 1. The van der Waals surface area contributed by atoms with Crippen molar-refractivity contribution in [1.82, 2.24) is 0 Å². The molecule has 1 aromatic heterocycles. The van der Waals surface area contributed by atoms with E-state index in [1.54, 1.807) is 0 Å². The Morgan fingerprint density at radius 3 is 2.38 bits per heavy atom. The highest BCUT2D eigenvalue weighted by Gasteiger charge is 2.23. The van der Waals surface area contributed by atoms with Gasteiger partial charge in [0, 0.05) is 10.9 Å². The summed E-state index contributed by atoms with van der Waals surface area (Å²) in [6.45, 7) is 0. The van der Waals surface area contributed by atoms with Gasteiger partial charge in [-0.25, -0.2) is 13.6 Å². The molecule has 0 radical (unpaired) electrons. The molecular weight excluding hydrogens is 374 g/mol. The molecule has 7 nitrogen and oxygen atoms in total. The number of benzene rings is 2. The van der Waals surface area contributed by atoms with Crippen molar-refractivity contribution >= 4 is 32.7 Å². The molecule has 1 atom stereocenters. The summed E-state index contributed by atoms with van der Waals surface area (Å²) in [6.07, 6.45) is 0. The summed E-state index contributed by atoms with van der Waals surface area (Å²) >= 11 is 1.52. The monoisotopic (exact) mass is 389 g/mol. The molecule has 0 amide bonds. The van der Waals surface area contributed by atoms with E-state index >= 15 is 0 Å². The van der Waals surface area contributed by atoms with Crippen molar-refractivity contribution in [2.24, 2.45) is 5.14 Å². The number of nitro groups is 1. The van der Waals surface area contributed by atoms with Crippen LogP contribution in [0.5, 0.6) is 0 Å². The molecule has 0 saturated carbocycles. The number of nitrogens with one attached hydrogen (secondary N) is 1. The SMILES string of the molecule is NS(=O)(=O)c1ccc(N[C@H](c2ccccc2)c2cccs2)c([N+](=O)[O-])c1. The summed E-state index contributed by atoms with van der Waals surface area (Å²) in [5.41, 5.74) is 0.790. The summed E-state index contributed by atoms with van der Waals surface area (Å²) in [5.74, 6) is 0. The zero-order valence-electron chi connectivity index (χ0n) is 13.4. The molecule has 1 heterocycles. The number of nitrogens with two attached hydrogens (primary N) is 1. The molecule has 0 aliphatic carbocycles. The lowest BCUT2D eigenvalue weighted by Gasteiger charge is -2.19. The number of hydrogen-bond donors (Lipinski definition) is 2. The number of hydrogen-bond acceptors (Lipinski definition) is 6. The van der Waals surface area contributed by atoms with Crippen LogP contribution in [-0.4, -0.2) is 13.3 Å². The normalized spacial score (nSPS) is 12.5. The van der Waals surface area contributed by atoms with Crippen molar-refractivity contribution in [2.75, 3.05) is 5.32 Å². The topological polar surface area (TPSA) is 115 Å². The van der Waals surface area contributed by atoms with Gasteiger partial charge in [-0.3, -0.25) is 10.1 Å². The number of rotatable bonds is 6. The maximum absolute atomic E-state index is 11.5. The van der Waals surface area contributed by atoms with Gasteiger partial charge in [0.25, 0.3) is 5.69 Å². The second-order valence-electron chi connectivity index (χ2n) is 5.48. The minimum Gasteiger partial charge on any atom is -0.368 e. The molecule has 3 aromatic rings. The first kappa shape index (κ1) is 18.1. The molecule has 2 aromatic carbocycles. The Morgan fingerprint density at radius 2 is 1.81 bits per heavy atom.